The molecule has 1 fully saturated rings. The molecule has 0 bridgehead atoms. The van der Waals surface area contributed by atoms with E-state index in [0.717, 1.165) is 5.56 Å². The van der Waals surface area contributed by atoms with Crippen LogP contribution in [0.3, 0.4) is 0 Å². The van der Waals surface area contributed by atoms with Gasteiger partial charge in [0.1, 0.15) is 28.6 Å². The number of nitrogens with zero attached hydrogens (tertiary/aromatic N) is 2. The minimum absolute atomic E-state index is 0.0382. The first-order valence-electron chi connectivity index (χ1n) is 10.1. The monoisotopic (exact) mass is 446 g/mol. The number of aromatic hydroxyl groups is 1. The Kier molecular flexibility index (Phi) is 5.99. The van der Waals surface area contributed by atoms with Gasteiger partial charge < -0.3 is 24.6 Å². The molecule has 0 radical (unpaired) electrons. The number of aromatic nitrogens is 1. The third kappa shape index (κ3) is 3.98. The molecule has 1 unspecified atom stereocenters. The quantitative estimate of drug-likeness (QED) is 0.339. The molecule has 1 atom stereocenters. The summed E-state index contributed by atoms with van der Waals surface area (Å²) < 4.78 is 10.8. The van der Waals surface area contributed by atoms with Crippen LogP contribution < -0.4 is 9.47 Å². The first-order valence-corrected chi connectivity index (χ1v) is 10.1. The van der Waals surface area contributed by atoms with Crippen LogP contribution in [0.1, 0.15) is 22.7 Å². The number of hydrogen-bond donors (Lipinski definition) is 2. The average Bonchev–Trinajstić information content (AvgIpc) is 3.09. The fourth-order valence-corrected chi connectivity index (χ4v) is 3.95. The van der Waals surface area contributed by atoms with Gasteiger partial charge in [-0.25, -0.2) is 0 Å². The lowest BCUT2D eigenvalue weighted by atomic mass is 9.94. The number of Topliss-reactive ketones (excluding diaryl/α,β-unsaturated/α-hetero) is 1. The number of benzene rings is 2. The molecule has 0 saturated carbocycles. The molecule has 8 heteroatoms. The normalized spacial score (nSPS) is 17.3. The Balaban J connectivity index is 1.93. The molecule has 1 aliphatic rings. The van der Waals surface area contributed by atoms with E-state index in [1.54, 1.807) is 54.9 Å². The number of aliphatic hydroxyl groups is 1. The van der Waals surface area contributed by atoms with Gasteiger partial charge in [-0.1, -0.05) is 18.2 Å². The second kappa shape index (κ2) is 9.04. The molecule has 168 valence electrons. The summed E-state index contributed by atoms with van der Waals surface area (Å²) in [5.74, 6) is -1.37. The van der Waals surface area contributed by atoms with Crippen molar-refractivity contribution < 1.29 is 29.3 Å². The summed E-state index contributed by atoms with van der Waals surface area (Å²) >= 11 is 0. The SMILES string of the molecule is COc1cccc(OC)c1/C(O)=C1\C(=O)C(=O)N(Cc2ccncc2)C1c1ccc(O)cc1. The highest BCUT2D eigenvalue weighted by Crippen LogP contribution is 2.44. The van der Waals surface area contributed by atoms with Gasteiger partial charge in [-0.15, -0.1) is 0 Å². The lowest BCUT2D eigenvalue weighted by molar-refractivity contribution is -0.140. The number of pyridine rings is 1. The topological polar surface area (TPSA) is 109 Å². The number of carbonyl (C=O) groups excluding carboxylic acids is 2. The lowest BCUT2D eigenvalue weighted by Crippen LogP contribution is -2.29. The zero-order valence-corrected chi connectivity index (χ0v) is 18.1. The van der Waals surface area contributed by atoms with Crippen LogP contribution >= 0.6 is 0 Å². The first kappa shape index (κ1) is 21.9. The maximum Gasteiger partial charge on any atom is 0.295 e. The van der Waals surface area contributed by atoms with Crippen LogP contribution in [0.2, 0.25) is 0 Å². The van der Waals surface area contributed by atoms with Gasteiger partial charge >= 0.3 is 0 Å². The van der Waals surface area contributed by atoms with Crippen LogP contribution in [0.5, 0.6) is 17.2 Å². The molecule has 1 aliphatic heterocycles. The van der Waals surface area contributed by atoms with Gasteiger partial charge in [-0.3, -0.25) is 14.6 Å². The van der Waals surface area contributed by atoms with Crippen molar-refractivity contribution in [1.82, 2.24) is 9.88 Å². The summed E-state index contributed by atoms with van der Waals surface area (Å²) in [6.07, 6.45) is 3.20. The molecule has 1 amide bonds. The molecule has 1 aromatic heterocycles. The lowest BCUT2D eigenvalue weighted by Gasteiger charge is -2.25. The van der Waals surface area contributed by atoms with Crippen LogP contribution in [-0.4, -0.2) is 46.0 Å². The van der Waals surface area contributed by atoms with Crippen molar-refractivity contribution in [2.75, 3.05) is 14.2 Å². The van der Waals surface area contributed by atoms with Crippen molar-refractivity contribution in [3.63, 3.8) is 0 Å². The van der Waals surface area contributed by atoms with E-state index >= 15 is 0 Å². The number of ether oxygens (including phenoxy) is 2. The van der Waals surface area contributed by atoms with E-state index in [1.807, 2.05) is 0 Å². The van der Waals surface area contributed by atoms with Crippen molar-refractivity contribution in [3.8, 4) is 17.2 Å². The van der Waals surface area contributed by atoms with Gasteiger partial charge in [0.2, 0.25) is 0 Å². The minimum atomic E-state index is -0.895. The number of hydrogen-bond acceptors (Lipinski definition) is 7. The molecule has 0 spiro atoms. The van der Waals surface area contributed by atoms with Crippen LogP contribution in [-0.2, 0) is 16.1 Å². The largest absolute Gasteiger partial charge is 0.508 e. The van der Waals surface area contributed by atoms with Gasteiger partial charge in [0.15, 0.2) is 0 Å². The number of methoxy groups -OCH3 is 2. The number of likely N-dealkylation sites (tertiary alicyclic amines) is 1. The third-order valence-corrected chi connectivity index (χ3v) is 5.52. The van der Waals surface area contributed by atoms with E-state index in [1.165, 1.54) is 31.3 Å². The number of carbonyl (C=O) groups is 2. The molecule has 8 nitrogen and oxygen atoms in total. The third-order valence-electron chi connectivity index (χ3n) is 5.52. The molecule has 0 aliphatic carbocycles. The number of ketones is 1. The van der Waals surface area contributed by atoms with Crippen LogP contribution in [0, 0.1) is 0 Å². The predicted octanol–water partition coefficient (Wildman–Crippen LogP) is 3.43. The van der Waals surface area contributed by atoms with Crippen molar-refractivity contribution in [2.45, 2.75) is 12.6 Å². The highest BCUT2D eigenvalue weighted by atomic mass is 16.5. The summed E-state index contributed by atoms with van der Waals surface area (Å²) in [6, 6.07) is 13.7. The second-order valence-electron chi connectivity index (χ2n) is 7.41. The Bertz CT molecular complexity index is 1200. The molecule has 2 aromatic carbocycles. The van der Waals surface area contributed by atoms with E-state index in [0.29, 0.717) is 5.56 Å². The minimum Gasteiger partial charge on any atom is -0.508 e. The standard InChI is InChI=1S/C25H22N2O6/c1-32-18-4-3-5-19(33-2)20(18)23(29)21-22(16-6-8-17(28)9-7-16)27(25(31)24(21)30)14-15-10-12-26-13-11-15/h3-13,22,28-29H,14H2,1-2H3/b23-21+. The zero-order valence-electron chi connectivity index (χ0n) is 18.1. The highest BCUT2D eigenvalue weighted by molar-refractivity contribution is 6.46. The summed E-state index contributed by atoms with van der Waals surface area (Å²) in [4.78, 5) is 31.7. The Morgan fingerprint density at radius 1 is 0.970 bits per heavy atom. The summed E-state index contributed by atoms with van der Waals surface area (Å²) in [6.45, 7) is 0.123. The number of amides is 1. The van der Waals surface area contributed by atoms with Gasteiger partial charge in [0.25, 0.3) is 11.7 Å². The maximum absolute atomic E-state index is 13.2. The van der Waals surface area contributed by atoms with Crippen LogP contribution in [0.25, 0.3) is 5.76 Å². The van der Waals surface area contributed by atoms with E-state index in [9.17, 15) is 19.8 Å². The number of phenols is 1. The first-order chi connectivity index (χ1) is 16.0. The highest BCUT2D eigenvalue weighted by Gasteiger charge is 2.46. The Hall–Kier alpha value is -4.33. The maximum atomic E-state index is 13.2. The van der Waals surface area contributed by atoms with E-state index in [-0.39, 0.29) is 34.9 Å². The van der Waals surface area contributed by atoms with Crippen molar-refractivity contribution in [2.24, 2.45) is 0 Å². The van der Waals surface area contributed by atoms with Crippen molar-refractivity contribution in [3.05, 3.63) is 89.3 Å². The van der Waals surface area contributed by atoms with E-state index in [2.05, 4.69) is 4.98 Å². The molecule has 2 N–H and O–H groups in total. The molecule has 3 aromatic rings. The van der Waals surface area contributed by atoms with Gasteiger partial charge in [-0.2, -0.15) is 0 Å². The molecule has 2 heterocycles. The smallest absolute Gasteiger partial charge is 0.295 e. The van der Waals surface area contributed by atoms with Crippen molar-refractivity contribution >= 4 is 17.4 Å². The summed E-state index contributed by atoms with van der Waals surface area (Å²) in [5, 5.41) is 21.1. The predicted molar refractivity (Wildman–Crippen MR) is 120 cm³/mol. The second-order valence-corrected chi connectivity index (χ2v) is 7.41. The van der Waals surface area contributed by atoms with Gasteiger partial charge in [0, 0.05) is 18.9 Å². The Morgan fingerprint density at radius 3 is 2.15 bits per heavy atom. The zero-order chi connectivity index (χ0) is 23.5. The molecule has 4 rings (SSSR count). The fraction of sp³-hybridized carbons (Fsp3) is 0.160. The summed E-state index contributed by atoms with van der Waals surface area (Å²) in [7, 11) is 2.87. The average molecular weight is 446 g/mol. The Morgan fingerprint density at radius 2 is 1.58 bits per heavy atom. The molecule has 1 saturated heterocycles. The van der Waals surface area contributed by atoms with E-state index in [4.69, 9.17) is 9.47 Å². The summed E-state index contributed by atoms with van der Waals surface area (Å²) in [5.41, 5.74) is 1.40. The molecular weight excluding hydrogens is 424 g/mol. The van der Waals surface area contributed by atoms with Crippen LogP contribution in [0.4, 0.5) is 0 Å². The van der Waals surface area contributed by atoms with E-state index < -0.39 is 23.5 Å². The van der Waals surface area contributed by atoms with Crippen molar-refractivity contribution in [1.29, 1.82) is 0 Å². The van der Waals surface area contributed by atoms with Crippen LogP contribution in [0.15, 0.2) is 72.6 Å². The number of rotatable bonds is 6. The molecular formula is C25H22N2O6. The fourth-order valence-electron chi connectivity index (χ4n) is 3.95. The van der Waals surface area contributed by atoms with Gasteiger partial charge in [0.05, 0.1) is 25.8 Å². The number of aliphatic hydroxyl groups excluding tert-OH is 1. The number of phenolic OH excluding ortho intramolecular Hbond substituents is 1. The Labute approximate surface area is 190 Å². The molecule has 33 heavy (non-hydrogen) atoms. The van der Waals surface area contributed by atoms with Gasteiger partial charge in [-0.05, 0) is 47.5 Å².